The van der Waals surface area contributed by atoms with Gasteiger partial charge in [0.2, 0.25) is 0 Å². The van der Waals surface area contributed by atoms with E-state index >= 15 is 0 Å². The van der Waals surface area contributed by atoms with Crippen LogP contribution in [0, 0.1) is 0 Å². The Kier molecular flexibility index (Phi) is 7.05. The molecule has 1 aromatic carbocycles. The molecular weight excluding hydrogens is 350 g/mol. The Morgan fingerprint density at radius 2 is 1.69 bits per heavy atom. The molecule has 5 nitrogen and oxygen atoms in total. The van der Waals surface area contributed by atoms with E-state index in [1.54, 1.807) is 20.8 Å². The second-order valence-corrected chi connectivity index (χ2v) is 11.1. The van der Waals surface area contributed by atoms with E-state index in [0.717, 1.165) is 11.3 Å². The minimum Gasteiger partial charge on any atom is -0.460 e. The number of sulfone groups is 1. The molecule has 0 bridgehead atoms. The molecule has 0 aliphatic heterocycles. The first kappa shape index (κ1) is 22.2. The van der Waals surface area contributed by atoms with Gasteiger partial charge in [0.1, 0.15) is 5.60 Å². The van der Waals surface area contributed by atoms with Gasteiger partial charge in [-0.2, -0.15) is 0 Å². The lowest BCUT2D eigenvalue weighted by Crippen LogP contribution is -2.31. The van der Waals surface area contributed by atoms with Crippen molar-refractivity contribution < 1.29 is 17.9 Å². The van der Waals surface area contributed by atoms with E-state index in [9.17, 15) is 13.2 Å². The number of carbonyl (C=O) groups excluding carboxylic acids is 1. The number of rotatable bonds is 7. The molecular formula is C20H31NO4S. The lowest BCUT2D eigenvalue weighted by Gasteiger charge is -2.22. The number of aryl methyl sites for hydroxylation is 1. The van der Waals surface area contributed by atoms with Gasteiger partial charge in [-0.25, -0.2) is 8.42 Å². The van der Waals surface area contributed by atoms with E-state index < -0.39 is 20.2 Å². The molecule has 0 saturated heterocycles. The van der Waals surface area contributed by atoms with Gasteiger partial charge in [-0.05, 0) is 59.6 Å². The van der Waals surface area contributed by atoms with Crippen LogP contribution >= 0.6 is 0 Å². The van der Waals surface area contributed by atoms with Crippen molar-refractivity contribution in [3.63, 3.8) is 0 Å². The van der Waals surface area contributed by atoms with E-state index in [1.165, 1.54) is 0 Å². The molecule has 0 spiro atoms. The van der Waals surface area contributed by atoms with Gasteiger partial charge in [-0.1, -0.05) is 24.8 Å². The van der Waals surface area contributed by atoms with Gasteiger partial charge in [0.25, 0.3) is 0 Å². The summed E-state index contributed by atoms with van der Waals surface area (Å²) in [6.45, 7) is 14.3. The van der Waals surface area contributed by atoms with Gasteiger partial charge in [-0.15, -0.1) is 0 Å². The van der Waals surface area contributed by atoms with Crippen molar-refractivity contribution in [2.75, 3.05) is 11.9 Å². The standard InChI is InChI=1S/C20H31NO4S/c1-15(26(23,24)20(5,6)7)14-21-17-11-9-8-10-16(17)12-13-18(22)25-19(2,3)4/h8-11,21H,1,12-14H2,2-7H3. The number of para-hydroxylation sites is 1. The SMILES string of the molecule is C=C(CNc1ccccc1CCC(=O)OC(C)(C)C)S(=O)(=O)C(C)(C)C. The Morgan fingerprint density at radius 1 is 1.12 bits per heavy atom. The van der Waals surface area contributed by atoms with Crippen LogP contribution in [-0.4, -0.2) is 31.3 Å². The summed E-state index contributed by atoms with van der Waals surface area (Å²) in [6, 6.07) is 7.52. The second-order valence-electron chi connectivity index (χ2n) is 8.25. The Hall–Kier alpha value is -1.82. The predicted octanol–water partition coefficient (Wildman–Crippen LogP) is 4.10. The highest BCUT2D eigenvalue weighted by Gasteiger charge is 2.31. The molecule has 1 aromatic rings. The summed E-state index contributed by atoms with van der Waals surface area (Å²) in [5, 5.41) is 3.13. The third-order valence-electron chi connectivity index (χ3n) is 3.70. The first-order valence-electron chi connectivity index (χ1n) is 8.70. The van der Waals surface area contributed by atoms with Crippen LogP contribution in [0.4, 0.5) is 5.69 Å². The van der Waals surface area contributed by atoms with Crippen LogP contribution in [-0.2, 0) is 25.8 Å². The van der Waals surface area contributed by atoms with Crippen molar-refractivity contribution in [3.05, 3.63) is 41.3 Å². The maximum atomic E-state index is 12.4. The number of benzene rings is 1. The summed E-state index contributed by atoms with van der Waals surface area (Å²) in [4.78, 5) is 12.1. The zero-order valence-electron chi connectivity index (χ0n) is 16.7. The van der Waals surface area contributed by atoms with E-state index in [-0.39, 0.29) is 23.8 Å². The average molecular weight is 382 g/mol. The molecule has 0 aromatic heterocycles. The fraction of sp³-hybridized carbons (Fsp3) is 0.550. The third kappa shape index (κ3) is 6.48. The smallest absolute Gasteiger partial charge is 0.306 e. The Morgan fingerprint density at radius 3 is 2.23 bits per heavy atom. The largest absolute Gasteiger partial charge is 0.460 e. The molecule has 26 heavy (non-hydrogen) atoms. The Balaban J connectivity index is 2.76. The predicted molar refractivity (Wildman–Crippen MR) is 107 cm³/mol. The molecule has 1 N–H and O–H groups in total. The van der Waals surface area contributed by atoms with Crippen LogP contribution < -0.4 is 5.32 Å². The number of carbonyl (C=O) groups is 1. The van der Waals surface area contributed by atoms with Gasteiger partial charge < -0.3 is 10.1 Å². The summed E-state index contributed by atoms with van der Waals surface area (Å²) >= 11 is 0. The van der Waals surface area contributed by atoms with Crippen LogP contribution in [0.2, 0.25) is 0 Å². The maximum Gasteiger partial charge on any atom is 0.306 e. The Bertz CT molecular complexity index is 753. The van der Waals surface area contributed by atoms with Crippen molar-refractivity contribution >= 4 is 21.5 Å². The molecule has 0 fully saturated rings. The van der Waals surface area contributed by atoms with Gasteiger partial charge in [-0.3, -0.25) is 4.79 Å². The van der Waals surface area contributed by atoms with Gasteiger partial charge >= 0.3 is 5.97 Å². The summed E-state index contributed by atoms with van der Waals surface area (Å²) in [5.74, 6) is -0.257. The summed E-state index contributed by atoms with van der Waals surface area (Å²) in [5.41, 5.74) is 1.22. The number of ether oxygens (including phenoxy) is 1. The highest BCUT2D eigenvalue weighted by atomic mass is 32.2. The summed E-state index contributed by atoms with van der Waals surface area (Å²) in [6.07, 6.45) is 0.772. The molecule has 146 valence electrons. The highest BCUT2D eigenvalue weighted by molar-refractivity contribution is 7.96. The zero-order valence-corrected chi connectivity index (χ0v) is 17.5. The zero-order chi connectivity index (χ0) is 20.2. The number of hydrogen-bond acceptors (Lipinski definition) is 5. The van der Waals surface area contributed by atoms with E-state index in [1.807, 2.05) is 45.0 Å². The number of nitrogens with one attached hydrogen (secondary N) is 1. The first-order chi connectivity index (χ1) is 11.7. The van der Waals surface area contributed by atoms with Gasteiger partial charge in [0.15, 0.2) is 9.84 Å². The molecule has 0 heterocycles. The topological polar surface area (TPSA) is 72.5 Å². The molecule has 6 heteroatoms. The van der Waals surface area contributed by atoms with Crippen molar-refractivity contribution in [2.24, 2.45) is 0 Å². The molecule has 0 radical (unpaired) electrons. The van der Waals surface area contributed by atoms with Crippen molar-refractivity contribution in [1.29, 1.82) is 0 Å². The lowest BCUT2D eigenvalue weighted by atomic mass is 10.1. The van der Waals surface area contributed by atoms with Crippen molar-refractivity contribution in [3.8, 4) is 0 Å². The van der Waals surface area contributed by atoms with E-state index in [4.69, 9.17) is 4.74 Å². The minimum absolute atomic E-state index is 0.128. The average Bonchev–Trinajstić information content (AvgIpc) is 2.48. The van der Waals surface area contributed by atoms with Crippen LogP contribution in [0.15, 0.2) is 35.7 Å². The van der Waals surface area contributed by atoms with E-state index in [2.05, 4.69) is 11.9 Å². The normalized spacial score (nSPS) is 12.5. The lowest BCUT2D eigenvalue weighted by molar-refractivity contribution is -0.154. The molecule has 0 unspecified atom stereocenters. The number of anilines is 1. The summed E-state index contributed by atoms with van der Waals surface area (Å²) < 4.78 is 29.3. The fourth-order valence-electron chi connectivity index (χ4n) is 2.26. The van der Waals surface area contributed by atoms with Crippen molar-refractivity contribution in [2.45, 2.75) is 64.7 Å². The molecule has 0 amide bonds. The third-order valence-corrected chi connectivity index (χ3v) is 6.21. The first-order valence-corrected chi connectivity index (χ1v) is 10.2. The van der Waals surface area contributed by atoms with Crippen LogP contribution in [0.5, 0.6) is 0 Å². The molecule has 0 aliphatic carbocycles. The Labute approximate surface area is 157 Å². The maximum absolute atomic E-state index is 12.4. The van der Waals surface area contributed by atoms with Crippen LogP contribution in [0.3, 0.4) is 0 Å². The van der Waals surface area contributed by atoms with Crippen molar-refractivity contribution in [1.82, 2.24) is 0 Å². The van der Waals surface area contributed by atoms with E-state index in [0.29, 0.717) is 6.42 Å². The number of esters is 1. The quantitative estimate of drug-likeness (QED) is 0.720. The monoisotopic (exact) mass is 381 g/mol. The van der Waals surface area contributed by atoms with Gasteiger partial charge in [0.05, 0.1) is 16.2 Å². The summed E-state index contributed by atoms with van der Waals surface area (Å²) in [7, 11) is -3.44. The second kappa shape index (κ2) is 8.25. The van der Waals surface area contributed by atoms with Crippen LogP contribution in [0.1, 0.15) is 53.5 Å². The molecule has 0 saturated carbocycles. The molecule has 1 rings (SSSR count). The minimum atomic E-state index is -3.44. The highest BCUT2D eigenvalue weighted by Crippen LogP contribution is 2.24. The molecule has 0 aliphatic rings. The van der Waals surface area contributed by atoms with Crippen LogP contribution in [0.25, 0.3) is 0 Å². The fourth-order valence-corrected chi connectivity index (χ4v) is 3.39. The number of hydrogen-bond donors (Lipinski definition) is 1. The molecule has 0 atom stereocenters. The van der Waals surface area contributed by atoms with Gasteiger partial charge in [0, 0.05) is 12.1 Å².